The van der Waals surface area contributed by atoms with Crippen molar-refractivity contribution in [3.8, 4) is 0 Å². The molecule has 0 atom stereocenters. The Labute approximate surface area is 115 Å². The van der Waals surface area contributed by atoms with Crippen LogP contribution in [-0.4, -0.2) is 27.7 Å². The zero-order chi connectivity index (χ0) is 13.6. The van der Waals surface area contributed by atoms with Crippen LogP contribution in [0.25, 0.3) is 0 Å². The Kier molecular flexibility index (Phi) is 2.82. The summed E-state index contributed by atoms with van der Waals surface area (Å²) >= 11 is 4.31. The summed E-state index contributed by atoms with van der Waals surface area (Å²) < 4.78 is 0. The highest BCUT2D eigenvalue weighted by Gasteiger charge is 2.39. The van der Waals surface area contributed by atoms with Gasteiger partial charge in [-0.25, -0.2) is 5.01 Å². The molecule has 6 heteroatoms. The van der Waals surface area contributed by atoms with Crippen molar-refractivity contribution in [1.82, 2.24) is 10.0 Å². The van der Waals surface area contributed by atoms with Gasteiger partial charge in [-0.15, -0.1) is 12.6 Å². The number of rotatable bonds is 1. The lowest BCUT2D eigenvalue weighted by Gasteiger charge is -2.32. The first-order valence-corrected chi connectivity index (χ1v) is 6.52. The Morgan fingerprint density at radius 2 is 1.74 bits per heavy atom. The van der Waals surface area contributed by atoms with E-state index in [4.69, 9.17) is 0 Å². The van der Waals surface area contributed by atoms with Crippen molar-refractivity contribution in [3.63, 3.8) is 0 Å². The number of benzene rings is 1. The summed E-state index contributed by atoms with van der Waals surface area (Å²) in [4.78, 5) is 36.7. The topological polar surface area (TPSA) is 57.7 Å². The van der Waals surface area contributed by atoms with Crippen molar-refractivity contribution < 1.29 is 14.4 Å². The monoisotopic (exact) mass is 276 g/mol. The third-order valence-corrected chi connectivity index (χ3v) is 3.84. The lowest BCUT2D eigenvalue weighted by molar-refractivity contribution is -0.163. The first-order valence-electron chi connectivity index (χ1n) is 6.08. The smallest absolute Gasteiger partial charge is 0.273 e. The first-order chi connectivity index (χ1) is 9.09. The molecule has 0 aromatic heterocycles. The van der Waals surface area contributed by atoms with Crippen LogP contribution in [0.15, 0.2) is 23.1 Å². The Bertz CT molecular complexity index is 584. The van der Waals surface area contributed by atoms with Crippen LogP contribution in [0.3, 0.4) is 0 Å². The molecule has 19 heavy (non-hydrogen) atoms. The van der Waals surface area contributed by atoms with Crippen LogP contribution in [0.1, 0.15) is 35.2 Å². The fraction of sp³-hybridized carbons (Fsp3) is 0.308. The van der Waals surface area contributed by atoms with Crippen LogP contribution in [0.4, 0.5) is 0 Å². The number of carbonyl (C=O) groups excluding carboxylic acids is 3. The predicted molar refractivity (Wildman–Crippen MR) is 69.3 cm³/mol. The van der Waals surface area contributed by atoms with Crippen LogP contribution >= 0.6 is 12.6 Å². The third kappa shape index (κ3) is 1.83. The predicted octanol–water partition coefficient (Wildman–Crippen LogP) is 1.39. The average molecular weight is 276 g/mol. The molecule has 1 saturated heterocycles. The van der Waals surface area contributed by atoms with E-state index in [2.05, 4.69) is 12.6 Å². The van der Waals surface area contributed by atoms with Crippen molar-refractivity contribution in [2.75, 3.05) is 0 Å². The molecule has 0 aliphatic carbocycles. The van der Waals surface area contributed by atoms with E-state index in [0.29, 0.717) is 29.7 Å². The maximum atomic E-state index is 12.3. The quantitative estimate of drug-likeness (QED) is 0.623. The van der Waals surface area contributed by atoms with Gasteiger partial charge in [0, 0.05) is 23.3 Å². The molecule has 1 aromatic carbocycles. The molecule has 2 aliphatic heterocycles. The second-order valence-corrected chi connectivity index (χ2v) is 5.10. The van der Waals surface area contributed by atoms with Crippen molar-refractivity contribution in [3.05, 3.63) is 29.3 Å². The van der Waals surface area contributed by atoms with E-state index in [1.54, 1.807) is 18.2 Å². The summed E-state index contributed by atoms with van der Waals surface area (Å²) in [5, 5.41) is 2.23. The zero-order valence-corrected chi connectivity index (χ0v) is 11.0. The third-order valence-electron chi connectivity index (χ3n) is 3.42. The lowest BCUT2D eigenvalue weighted by Crippen LogP contribution is -2.52. The molecule has 2 heterocycles. The summed E-state index contributed by atoms with van der Waals surface area (Å²) in [6.07, 6.45) is 1.17. The zero-order valence-electron chi connectivity index (χ0n) is 10.1. The fourth-order valence-corrected chi connectivity index (χ4v) is 2.75. The van der Waals surface area contributed by atoms with E-state index in [9.17, 15) is 14.4 Å². The van der Waals surface area contributed by atoms with E-state index in [1.807, 2.05) is 0 Å². The van der Waals surface area contributed by atoms with Gasteiger partial charge < -0.3 is 0 Å². The molecule has 5 nitrogen and oxygen atoms in total. The molecule has 1 aromatic rings. The van der Waals surface area contributed by atoms with Crippen LogP contribution in [-0.2, 0) is 16.1 Å². The van der Waals surface area contributed by atoms with Gasteiger partial charge in [0.2, 0.25) is 11.8 Å². The van der Waals surface area contributed by atoms with Gasteiger partial charge in [-0.2, -0.15) is 5.01 Å². The minimum atomic E-state index is -0.311. The highest BCUT2D eigenvalue weighted by atomic mass is 32.1. The number of hydrogen-bond donors (Lipinski definition) is 1. The van der Waals surface area contributed by atoms with E-state index in [1.165, 1.54) is 5.01 Å². The van der Waals surface area contributed by atoms with E-state index >= 15 is 0 Å². The molecule has 0 spiro atoms. The van der Waals surface area contributed by atoms with Crippen LogP contribution < -0.4 is 0 Å². The molecule has 0 radical (unpaired) electrons. The van der Waals surface area contributed by atoms with Gasteiger partial charge in [-0.05, 0) is 24.1 Å². The number of hydrogen-bond acceptors (Lipinski definition) is 4. The largest absolute Gasteiger partial charge is 0.273 e. The molecule has 3 rings (SSSR count). The molecular formula is C13H12N2O3S. The summed E-state index contributed by atoms with van der Waals surface area (Å²) in [6.45, 7) is 0.227. The van der Waals surface area contributed by atoms with Gasteiger partial charge in [0.1, 0.15) is 0 Å². The van der Waals surface area contributed by atoms with Crippen LogP contribution in [0, 0.1) is 0 Å². The van der Waals surface area contributed by atoms with Gasteiger partial charge in [0.15, 0.2) is 0 Å². The normalized spacial score (nSPS) is 19.1. The number of amides is 3. The van der Waals surface area contributed by atoms with Gasteiger partial charge >= 0.3 is 0 Å². The fourth-order valence-electron chi connectivity index (χ4n) is 2.47. The molecule has 0 bridgehead atoms. The Morgan fingerprint density at radius 3 is 2.37 bits per heavy atom. The molecule has 0 unspecified atom stereocenters. The minimum absolute atomic E-state index is 0.227. The van der Waals surface area contributed by atoms with Crippen molar-refractivity contribution in [2.24, 2.45) is 0 Å². The number of thiol groups is 1. The van der Waals surface area contributed by atoms with Crippen LogP contribution in [0.2, 0.25) is 0 Å². The molecular weight excluding hydrogens is 264 g/mol. The molecule has 2 aliphatic rings. The highest BCUT2D eigenvalue weighted by molar-refractivity contribution is 7.80. The first kappa shape index (κ1) is 12.2. The molecule has 0 saturated carbocycles. The Hall–Kier alpha value is -1.82. The molecule has 3 amide bonds. The number of fused-ring (bicyclic) bond motifs is 1. The summed E-state index contributed by atoms with van der Waals surface area (Å²) in [6, 6.07) is 5.22. The van der Waals surface area contributed by atoms with Crippen molar-refractivity contribution in [1.29, 1.82) is 0 Å². The molecule has 0 N–H and O–H groups in total. The summed E-state index contributed by atoms with van der Waals surface area (Å²) in [5.41, 5.74) is 1.28. The maximum absolute atomic E-state index is 12.3. The second kappa shape index (κ2) is 4.38. The van der Waals surface area contributed by atoms with Gasteiger partial charge in [0.25, 0.3) is 5.91 Å². The minimum Gasteiger partial charge on any atom is -0.273 e. The summed E-state index contributed by atoms with van der Waals surface area (Å²) in [7, 11) is 0. The highest BCUT2D eigenvalue weighted by Crippen LogP contribution is 2.30. The average Bonchev–Trinajstić information content (AvgIpc) is 2.69. The lowest BCUT2D eigenvalue weighted by atomic mass is 10.1. The maximum Gasteiger partial charge on any atom is 0.273 e. The Morgan fingerprint density at radius 1 is 1.05 bits per heavy atom. The van der Waals surface area contributed by atoms with Gasteiger partial charge in [-0.3, -0.25) is 14.4 Å². The number of hydrazine groups is 1. The van der Waals surface area contributed by atoms with Crippen molar-refractivity contribution in [2.45, 2.75) is 30.7 Å². The number of nitrogens with zero attached hydrogens (tertiary/aromatic N) is 2. The SMILES string of the molecule is O=C1c2cccc(S)c2CN1N1C(=O)CCCC1=O. The van der Waals surface area contributed by atoms with Crippen molar-refractivity contribution >= 4 is 30.4 Å². The van der Waals surface area contributed by atoms with E-state index < -0.39 is 0 Å². The Balaban J connectivity index is 1.97. The van der Waals surface area contributed by atoms with Gasteiger partial charge in [0.05, 0.1) is 6.54 Å². The second-order valence-electron chi connectivity index (χ2n) is 4.62. The number of imide groups is 1. The number of carbonyl (C=O) groups is 3. The molecule has 1 fully saturated rings. The number of piperidine rings is 1. The van der Waals surface area contributed by atoms with E-state index in [0.717, 1.165) is 10.6 Å². The van der Waals surface area contributed by atoms with Gasteiger partial charge in [-0.1, -0.05) is 6.07 Å². The summed E-state index contributed by atoms with van der Waals surface area (Å²) in [5.74, 6) is -0.925. The van der Waals surface area contributed by atoms with Crippen LogP contribution in [0.5, 0.6) is 0 Å². The molecule has 98 valence electrons. The van der Waals surface area contributed by atoms with E-state index in [-0.39, 0.29) is 24.3 Å². The standard InChI is InChI=1S/C13H12N2O3S/c16-11-5-2-6-12(17)15(11)14-7-9-8(13(14)18)3-1-4-10(9)19/h1,3-4,19H,2,5-7H2.